The molecule has 2 aromatic rings. The Labute approximate surface area is 189 Å². The van der Waals surface area contributed by atoms with Gasteiger partial charge in [-0.1, -0.05) is 30.3 Å². The van der Waals surface area contributed by atoms with E-state index in [1.807, 2.05) is 0 Å². The minimum Gasteiger partial charge on any atom is -0.465 e. The van der Waals surface area contributed by atoms with Crippen molar-refractivity contribution in [3.63, 3.8) is 0 Å². The van der Waals surface area contributed by atoms with E-state index in [1.165, 1.54) is 19.1 Å². The van der Waals surface area contributed by atoms with Crippen LogP contribution in [0.5, 0.6) is 0 Å². The number of benzene rings is 2. The van der Waals surface area contributed by atoms with E-state index in [0.29, 0.717) is 0 Å². The summed E-state index contributed by atoms with van der Waals surface area (Å²) in [5, 5.41) is 0. The highest BCUT2D eigenvalue weighted by atomic mass is 16.5. The SMILES string of the molecule is CCOC(=O)c1c(C(=O)OC)c(C(=O)OC)c(C(=O)OC)c(C(=O)OC)c1-c1ccccc1. The van der Waals surface area contributed by atoms with Crippen LogP contribution in [-0.4, -0.2) is 64.9 Å². The molecule has 0 unspecified atom stereocenters. The van der Waals surface area contributed by atoms with Crippen LogP contribution in [0.4, 0.5) is 0 Å². The molecule has 174 valence electrons. The lowest BCUT2D eigenvalue weighted by molar-refractivity contribution is 0.0490. The van der Waals surface area contributed by atoms with Gasteiger partial charge in [0.25, 0.3) is 0 Å². The van der Waals surface area contributed by atoms with Gasteiger partial charge >= 0.3 is 29.8 Å². The summed E-state index contributed by atoms with van der Waals surface area (Å²) in [6, 6.07) is 7.95. The molecule has 0 spiro atoms. The Hall–Kier alpha value is -4.21. The van der Waals surface area contributed by atoms with Crippen LogP contribution in [0.3, 0.4) is 0 Å². The van der Waals surface area contributed by atoms with E-state index in [2.05, 4.69) is 0 Å². The van der Waals surface area contributed by atoms with Crippen LogP contribution in [-0.2, 0) is 23.7 Å². The van der Waals surface area contributed by atoms with Gasteiger partial charge in [0, 0.05) is 5.56 Å². The first-order chi connectivity index (χ1) is 15.8. The number of ether oxygens (including phenoxy) is 5. The Balaban J connectivity index is 3.36. The predicted octanol–water partition coefficient (Wildman–Crippen LogP) is 2.68. The smallest absolute Gasteiger partial charge is 0.339 e. The lowest BCUT2D eigenvalue weighted by atomic mass is 9.83. The quantitative estimate of drug-likeness (QED) is 0.451. The first kappa shape index (κ1) is 25.1. The number of carbonyl (C=O) groups excluding carboxylic acids is 5. The largest absolute Gasteiger partial charge is 0.465 e. The van der Waals surface area contributed by atoms with Gasteiger partial charge in [0.1, 0.15) is 0 Å². The van der Waals surface area contributed by atoms with Crippen molar-refractivity contribution in [1.82, 2.24) is 0 Å². The zero-order valence-corrected chi connectivity index (χ0v) is 18.7. The summed E-state index contributed by atoms with van der Waals surface area (Å²) >= 11 is 0. The zero-order chi connectivity index (χ0) is 24.7. The molecule has 0 N–H and O–H groups in total. The maximum Gasteiger partial charge on any atom is 0.339 e. The number of carbonyl (C=O) groups is 5. The van der Waals surface area contributed by atoms with Crippen LogP contribution in [0.2, 0.25) is 0 Å². The van der Waals surface area contributed by atoms with E-state index in [4.69, 9.17) is 23.7 Å². The fraction of sp³-hybridized carbons (Fsp3) is 0.261. The minimum atomic E-state index is -1.19. The van der Waals surface area contributed by atoms with Crippen molar-refractivity contribution in [1.29, 1.82) is 0 Å². The highest BCUT2D eigenvalue weighted by Crippen LogP contribution is 2.38. The van der Waals surface area contributed by atoms with Gasteiger partial charge in [-0.15, -0.1) is 0 Å². The van der Waals surface area contributed by atoms with Crippen LogP contribution in [0.15, 0.2) is 30.3 Å². The highest BCUT2D eigenvalue weighted by Gasteiger charge is 2.40. The summed E-state index contributed by atoms with van der Waals surface area (Å²) in [6.07, 6.45) is 0. The van der Waals surface area contributed by atoms with Crippen molar-refractivity contribution in [3.8, 4) is 11.1 Å². The van der Waals surface area contributed by atoms with Crippen molar-refractivity contribution >= 4 is 29.8 Å². The molecular weight excluding hydrogens is 436 g/mol. The normalized spacial score (nSPS) is 10.1. The minimum absolute atomic E-state index is 0.0897. The maximum atomic E-state index is 13.1. The number of hydrogen-bond acceptors (Lipinski definition) is 10. The molecule has 0 aliphatic heterocycles. The molecule has 0 aliphatic rings. The predicted molar refractivity (Wildman–Crippen MR) is 113 cm³/mol. The lowest BCUT2D eigenvalue weighted by Gasteiger charge is -2.22. The molecule has 2 aromatic carbocycles. The maximum absolute atomic E-state index is 13.1. The van der Waals surface area contributed by atoms with E-state index in [9.17, 15) is 24.0 Å². The number of esters is 5. The van der Waals surface area contributed by atoms with Crippen LogP contribution < -0.4 is 0 Å². The Bertz CT molecular complexity index is 1100. The van der Waals surface area contributed by atoms with Gasteiger partial charge in [0.2, 0.25) is 0 Å². The molecule has 0 heterocycles. The number of rotatable bonds is 7. The summed E-state index contributed by atoms with van der Waals surface area (Å²) in [5.41, 5.74) is -2.80. The van der Waals surface area contributed by atoms with Crippen LogP contribution in [0.25, 0.3) is 11.1 Å². The van der Waals surface area contributed by atoms with Crippen molar-refractivity contribution < 1.29 is 47.7 Å². The molecule has 0 aromatic heterocycles. The number of methoxy groups -OCH3 is 4. The second-order valence-electron chi connectivity index (χ2n) is 6.30. The molecule has 0 atom stereocenters. The Morgan fingerprint density at radius 1 is 0.576 bits per heavy atom. The first-order valence-electron chi connectivity index (χ1n) is 9.58. The molecule has 0 fully saturated rings. The van der Waals surface area contributed by atoms with Gasteiger partial charge in [-0.2, -0.15) is 0 Å². The third-order valence-electron chi connectivity index (χ3n) is 4.60. The molecule has 2 rings (SSSR count). The summed E-state index contributed by atoms with van der Waals surface area (Å²) in [5.74, 6) is -5.58. The van der Waals surface area contributed by atoms with E-state index < -0.39 is 57.7 Å². The summed E-state index contributed by atoms with van der Waals surface area (Å²) in [7, 11) is 4.09. The molecular formula is C23H22O10. The Morgan fingerprint density at radius 2 is 0.939 bits per heavy atom. The molecule has 0 saturated carbocycles. The Kier molecular flexibility index (Phi) is 8.27. The fourth-order valence-corrected chi connectivity index (χ4v) is 3.28. The summed E-state index contributed by atoms with van der Waals surface area (Å²) in [4.78, 5) is 64.6. The molecule has 10 heteroatoms. The van der Waals surface area contributed by atoms with Crippen molar-refractivity contribution in [2.24, 2.45) is 0 Å². The molecule has 33 heavy (non-hydrogen) atoms. The number of hydrogen-bond donors (Lipinski definition) is 0. The van der Waals surface area contributed by atoms with Gasteiger partial charge in [-0.3, -0.25) is 0 Å². The average Bonchev–Trinajstić information content (AvgIpc) is 2.85. The van der Waals surface area contributed by atoms with Crippen LogP contribution in [0.1, 0.15) is 58.7 Å². The zero-order valence-electron chi connectivity index (χ0n) is 18.7. The van der Waals surface area contributed by atoms with Gasteiger partial charge in [0.05, 0.1) is 62.9 Å². The molecule has 0 saturated heterocycles. The van der Waals surface area contributed by atoms with Crippen LogP contribution >= 0.6 is 0 Å². The molecule has 10 nitrogen and oxygen atoms in total. The molecule has 0 bridgehead atoms. The van der Waals surface area contributed by atoms with Gasteiger partial charge in [-0.25, -0.2) is 24.0 Å². The van der Waals surface area contributed by atoms with E-state index >= 15 is 0 Å². The summed E-state index contributed by atoms with van der Waals surface area (Å²) < 4.78 is 24.3. The van der Waals surface area contributed by atoms with Gasteiger partial charge < -0.3 is 23.7 Å². The monoisotopic (exact) mass is 458 g/mol. The first-order valence-corrected chi connectivity index (χ1v) is 9.58. The van der Waals surface area contributed by atoms with E-state index in [1.54, 1.807) is 18.2 Å². The highest BCUT2D eigenvalue weighted by molar-refractivity contribution is 6.23. The average molecular weight is 458 g/mol. The van der Waals surface area contributed by atoms with E-state index in [0.717, 1.165) is 28.4 Å². The fourth-order valence-electron chi connectivity index (χ4n) is 3.28. The van der Waals surface area contributed by atoms with Crippen molar-refractivity contribution in [2.75, 3.05) is 35.0 Å². The molecule has 0 amide bonds. The topological polar surface area (TPSA) is 132 Å². The lowest BCUT2D eigenvalue weighted by Crippen LogP contribution is -2.27. The second kappa shape index (κ2) is 10.9. The standard InChI is InChI=1S/C23H22O10/c1-6-33-23(28)15-13(12-10-8-7-9-11-12)14(19(24)29-2)16(20(25)30-3)18(22(27)32-5)17(15)21(26)31-4/h7-11H,6H2,1-5H3. The summed E-state index contributed by atoms with van der Waals surface area (Å²) in [6.45, 7) is 1.44. The Morgan fingerprint density at radius 3 is 1.33 bits per heavy atom. The van der Waals surface area contributed by atoms with Crippen molar-refractivity contribution in [3.05, 3.63) is 58.1 Å². The third-order valence-corrected chi connectivity index (χ3v) is 4.60. The van der Waals surface area contributed by atoms with Crippen molar-refractivity contribution in [2.45, 2.75) is 6.92 Å². The van der Waals surface area contributed by atoms with Crippen LogP contribution in [0, 0.1) is 0 Å². The second-order valence-corrected chi connectivity index (χ2v) is 6.30. The van der Waals surface area contributed by atoms with E-state index in [-0.39, 0.29) is 17.7 Å². The molecule has 0 aliphatic carbocycles. The molecule has 0 radical (unpaired) electrons. The van der Waals surface area contributed by atoms with Gasteiger partial charge in [0.15, 0.2) is 0 Å². The third kappa shape index (κ3) is 4.69. The van der Waals surface area contributed by atoms with Gasteiger partial charge in [-0.05, 0) is 12.5 Å².